The van der Waals surface area contributed by atoms with Gasteiger partial charge in [-0.05, 0) is 31.5 Å². The lowest BCUT2D eigenvalue weighted by molar-refractivity contribution is -0.116. The van der Waals surface area contributed by atoms with Crippen molar-refractivity contribution in [2.45, 2.75) is 19.9 Å². The van der Waals surface area contributed by atoms with E-state index in [2.05, 4.69) is 5.32 Å². The number of halogens is 2. The van der Waals surface area contributed by atoms with Crippen LogP contribution in [-0.4, -0.2) is 40.8 Å². The summed E-state index contributed by atoms with van der Waals surface area (Å²) in [5.41, 5.74) is 1.27. The monoisotopic (exact) mass is 460 g/mol. The first-order valence-electron chi connectivity index (χ1n) is 8.47. The highest BCUT2D eigenvalue weighted by molar-refractivity contribution is 7.92. The second-order valence-electron chi connectivity index (χ2n) is 6.34. The van der Waals surface area contributed by atoms with Crippen LogP contribution in [-0.2, 0) is 14.8 Å². The molecule has 0 aliphatic rings. The molecule has 0 aromatic heterocycles. The van der Waals surface area contributed by atoms with E-state index in [0.717, 1.165) is 10.6 Å². The molecule has 0 bridgehead atoms. The van der Waals surface area contributed by atoms with Gasteiger partial charge < -0.3 is 14.8 Å². The molecule has 1 amide bonds. The minimum absolute atomic E-state index is 0.293. The highest BCUT2D eigenvalue weighted by Crippen LogP contribution is 2.36. The predicted molar refractivity (Wildman–Crippen MR) is 116 cm³/mol. The van der Waals surface area contributed by atoms with Crippen molar-refractivity contribution in [3.05, 3.63) is 45.9 Å². The standard InChI is InChI=1S/C19H22Cl2N2O5S/c1-11-6-7-13(20)8-16(11)23(29(5,25)26)12(2)19(24)22-15-10-17(27-3)14(21)9-18(15)28-4/h6-10,12H,1-5H3,(H,22,24)/t12-/m1/s1. The van der Waals surface area contributed by atoms with E-state index >= 15 is 0 Å². The molecule has 0 aliphatic heterocycles. The Bertz CT molecular complexity index is 1030. The molecule has 0 saturated carbocycles. The number of carbonyl (C=O) groups excluding carboxylic acids is 1. The number of hydrogen-bond donors (Lipinski definition) is 1. The Morgan fingerprint density at radius 3 is 2.28 bits per heavy atom. The molecule has 0 fully saturated rings. The van der Waals surface area contributed by atoms with Crippen LogP contribution < -0.4 is 19.1 Å². The molecule has 1 atom stereocenters. The van der Waals surface area contributed by atoms with Crippen LogP contribution in [0.15, 0.2) is 30.3 Å². The highest BCUT2D eigenvalue weighted by atomic mass is 35.5. The van der Waals surface area contributed by atoms with Gasteiger partial charge in [-0.15, -0.1) is 0 Å². The zero-order valence-corrected chi connectivity index (χ0v) is 18.9. The van der Waals surface area contributed by atoms with Gasteiger partial charge in [-0.2, -0.15) is 0 Å². The Morgan fingerprint density at radius 1 is 1.10 bits per heavy atom. The molecule has 0 saturated heterocycles. The van der Waals surface area contributed by atoms with E-state index in [1.165, 1.54) is 39.3 Å². The third-order valence-corrected chi connectivity index (χ3v) is 5.99. The largest absolute Gasteiger partial charge is 0.495 e. The molecule has 0 heterocycles. The number of carbonyl (C=O) groups is 1. The minimum atomic E-state index is -3.79. The zero-order chi connectivity index (χ0) is 21.9. The van der Waals surface area contributed by atoms with E-state index in [0.29, 0.717) is 38.5 Å². The van der Waals surface area contributed by atoms with Crippen LogP contribution in [0.2, 0.25) is 10.0 Å². The summed E-state index contributed by atoms with van der Waals surface area (Å²) in [6, 6.07) is 6.77. The summed E-state index contributed by atoms with van der Waals surface area (Å²) in [4.78, 5) is 12.9. The third kappa shape index (κ3) is 5.26. The van der Waals surface area contributed by atoms with Gasteiger partial charge in [0.05, 0.1) is 36.9 Å². The third-order valence-electron chi connectivity index (χ3n) is 4.23. The van der Waals surface area contributed by atoms with Crippen molar-refractivity contribution in [1.29, 1.82) is 0 Å². The second-order valence-corrected chi connectivity index (χ2v) is 9.04. The van der Waals surface area contributed by atoms with E-state index < -0.39 is 22.0 Å². The number of benzene rings is 2. The van der Waals surface area contributed by atoms with Crippen molar-refractivity contribution in [3.8, 4) is 11.5 Å². The van der Waals surface area contributed by atoms with Gasteiger partial charge in [-0.1, -0.05) is 29.3 Å². The van der Waals surface area contributed by atoms with E-state index in [4.69, 9.17) is 32.7 Å². The molecule has 10 heteroatoms. The Labute approximate surface area is 180 Å². The number of aryl methyl sites for hydroxylation is 1. The number of rotatable bonds is 7. The summed E-state index contributed by atoms with van der Waals surface area (Å²) in [7, 11) is -0.927. The lowest BCUT2D eigenvalue weighted by Crippen LogP contribution is -2.45. The maximum atomic E-state index is 12.9. The fraction of sp³-hybridized carbons (Fsp3) is 0.316. The topological polar surface area (TPSA) is 84.9 Å². The van der Waals surface area contributed by atoms with E-state index in [9.17, 15) is 13.2 Å². The SMILES string of the molecule is COc1cc(NC(=O)[C@@H](C)N(c2cc(Cl)ccc2C)S(C)(=O)=O)c(OC)cc1Cl. The normalized spacial score (nSPS) is 12.2. The average Bonchev–Trinajstić information content (AvgIpc) is 2.64. The van der Waals surface area contributed by atoms with Crippen LogP contribution in [0, 0.1) is 6.92 Å². The summed E-state index contributed by atoms with van der Waals surface area (Å²) in [5, 5.41) is 3.34. The lowest BCUT2D eigenvalue weighted by Gasteiger charge is -2.29. The quantitative estimate of drug-likeness (QED) is 0.671. The number of nitrogens with one attached hydrogen (secondary N) is 1. The molecule has 1 N–H and O–H groups in total. The fourth-order valence-corrected chi connectivity index (χ4v) is 4.42. The Morgan fingerprint density at radius 2 is 1.72 bits per heavy atom. The van der Waals surface area contributed by atoms with Crippen molar-refractivity contribution in [2.75, 3.05) is 30.1 Å². The van der Waals surface area contributed by atoms with Gasteiger partial charge >= 0.3 is 0 Å². The number of sulfonamides is 1. The Balaban J connectivity index is 2.44. The first-order valence-corrected chi connectivity index (χ1v) is 11.1. The number of methoxy groups -OCH3 is 2. The van der Waals surface area contributed by atoms with E-state index in [-0.39, 0.29) is 0 Å². The molecule has 0 aliphatic carbocycles. The zero-order valence-electron chi connectivity index (χ0n) is 16.6. The van der Waals surface area contributed by atoms with Gasteiger partial charge in [0.2, 0.25) is 15.9 Å². The van der Waals surface area contributed by atoms with Crippen LogP contribution in [0.25, 0.3) is 0 Å². The summed E-state index contributed by atoms with van der Waals surface area (Å²) in [5.74, 6) is 0.0692. The molecular weight excluding hydrogens is 439 g/mol. The maximum Gasteiger partial charge on any atom is 0.248 e. The van der Waals surface area contributed by atoms with Crippen LogP contribution in [0.3, 0.4) is 0 Å². The number of anilines is 2. The number of hydrogen-bond acceptors (Lipinski definition) is 5. The molecule has 2 aromatic carbocycles. The minimum Gasteiger partial charge on any atom is -0.495 e. The van der Waals surface area contributed by atoms with Gasteiger partial charge in [0.15, 0.2) is 0 Å². The number of amides is 1. The van der Waals surface area contributed by atoms with Crippen molar-refractivity contribution in [1.82, 2.24) is 0 Å². The van der Waals surface area contributed by atoms with Gasteiger partial charge in [0, 0.05) is 17.2 Å². The van der Waals surface area contributed by atoms with E-state index in [1.807, 2.05) is 0 Å². The Kier molecular flexibility index (Phi) is 7.26. The first-order chi connectivity index (χ1) is 13.5. The molecule has 2 rings (SSSR count). The smallest absolute Gasteiger partial charge is 0.248 e. The average molecular weight is 461 g/mol. The number of ether oxygens (including phenoxy) is 2. The van der Waals surface area contributed by atoms with Gasteiger partial charge in [0.25, 0.3) is 0 Å². The van der Waals surface area contributed by atoms with Gasteiger partial charge in [0.1, 0.15) is 17.5 Å². The molecule has 7 nitrogen and oxygen atoms in total. The molecular formula is C19H22Cl2N2O5S. The molecule has 2 aromatic rings. The van der Waals surface area contributed by atoms with Crippen molar-refractivity contribution >= 4 is 50.5 Å². The van der Waals surface area contributed by atoms with Crippen molar-refractivity contribution in [3.63, 3.8) is 0 Å². The Hall–Kier alpha value is -2.16. The molecule has 0 spiro atoms. The van der Waals surface area contributed by atoms with Gasteiger partial charge in [-0.3, -0.25) is 9.10 Å². The van der Waals surface area contributed by atoms with Crippen molar-refractivity contribution in [2.24, 2.45) is 0 Å². The second kappa shape index (κ2) is 9.11. The lowest BCUT2D eigenvalue weighted by atomic mass is 10.1. The van der Waals surface area contributed by atoms with Gasteiger partial charge in [-0.25, -0.2) is 8.42 Å². The molecule has 29 heavy (non-hydrogen) atoms. The summed E-state index contributed by atoms with van der Waals surface area (Å²) in [6.45, 7) is 3.22. The fourth-order valence-electron chi connectivity index (χ4n) is 2.80. The highest BCUT2D eigenvalue weighted by Gasteiger charge is 2.31. The summed E-state index contributed by atoms with van der Waals surface area (Å²) < 4.78 is 36.5. The number of nitrogens with zero attached hydrogens (tertiary/aromatic N) is 1. The van der Waals surface area contributed by atoms with Crippen molar-refractivity contribution < 1.29 is 22.7 Å². The molecule has 158 valence electrons. The maximum absolute atomic E-state index is 12.9. The molecule has 0 unspecified atom stereocenters. The van der Waals surface area contributed by atoms with Crippen LogP contribution >= 0.6 is 23.2 Å². The first kappa shape index (κ1) is 23.1. The van der Waals surface area contributed by atoms with Crippen LogP contribution in [0.5, 0.6) is 11.5 Å². The van der Waals surface area contributed by atoms with Crippen LogP contribution in [0.1, 0.15) is 12.5 Å². The predicted octanol–water partition coefficient (Wildman–Crippen LogP) is 4.11. The summed E-state index contributed by atoms with van der Waals surface area (Å²) >= 11 is 12.1. The molecule has 0 radical (unpaired) electrons. The summed E-state index contributed by atoms with van der Waals surface area (Å²) in [6.07, 6.45) is 1.03. The van der Waals surface area contributed by atoms with E-state index in [1.54, 1.807) is 19.1 Å². The van der Waals surface area contributed by atoms with Crippen LogP contribution in [0.4, 0.5) is 11.4 Å².